The van der Waals surface area contributed by atoms with Crippen LogP contribution in [0, 0.1) is 6.92 Å². The first-order chi connectivity index (χ1) is 3.91. The Morgan fingerprint density at radius 2 is 1.00 bits per heavy atom. The quantitative estimate of drug-likeness (QED) is 0.548. The Kier molecular flexibility index (Phi) is 15.1. The zero-order chi connectivity index (χ0) is 6.24. The van der Waals surface area contributed by atoms with Crippen LogP contribution in [0.1, 0.15) is 32.1 Å². The Morgan fingerprint density at radius 3 is 1.11 bits per heavy atom. The predicted molar refractivity (Wildman–Crippen MR) is 38.6 cm³/mol. The normalized spacial score (nSPS) is 14.8. The van der Waals surface area contributed by atoms with Crippen LogP contribution in [0.15, 0.2) is 12.7 Å². The van der Waals surface area contributed by atoms with Crippen LogP contribution >= 0.6 is 0 Å². The molecule has 1 aliphatic rings. The zero-order valence-electron chi connectivity index (χ0n) is 5.84. The maximum atomic E-state index is 3.25. The van der Waals surface area contributed by atoms with Crippen LogP contribution in [0.2, 0.25) is 0 Å². The van der Waals surface area contributed by atoms with Crippen LogP contribution in [0.4, 0.5) is 0 Å². The van der Waals surface area contributed by atoms with E-state index in [1.165, 1.54) is 38.2 Å². The molecule has 9 heavy (non-hydrogen) atoms. The molecule has 0 aromatic carbocycles. The second-order valence-electron chi connectivity index (χ2n) is 2.06. The van der Waals surface area contributed by atoms with Crippen molar-refractivity contribution < 1.29 is 20.4 Å². The minimum atomic E-state index is 0. The van der Waals surface area contributed by atoms with E-state index in [1.54, 1.807) is 0 Å². The van der Waals surface area contributed by atoms with E-state index in [4.69, 9.17) is 0 Å². The summed E-state index contributed by atoms with van der Waals surface area (Å²) in [5.41, 5.74) is 0. The second kappa shape index (κ2) is 11.2. The van der Waals surface area contributed by atoms with Crippen LogP contribution in [-0.2, 0) is 20.4 Å². The zero-order valence-corrected chi connectivity index (χ0v) is 7.40. The molecular weight excluding hydrogens is 203 g/mol. The van der Waals surface area contributed by atoms with E-state index in [2.05, 4.69) is 13.5 Å². The standard InChI is InChI=1S/C5H10.C3H5.Pd/c1-2-4-5-3-1;1-3-2;/h1-5H2;3H,1-2H2;. The smallest absolute Gasteiger partial charge is 0 e. The van der Waals surface area contributed by atoms with Crippen molar-refractivity contribution in [3.05, 3.63) is 19.6 Å². The van der Waals surface area contributed by atoms with Gasteiger partial charge in [0.15, 0.2) is 0 Å². The Balaban J connectivity index is 0. The molecule has 1 aliphatic carbocycles. The summed E-state index contributed by atoms with van der Waals surface area (Å²) in [6, 6.07) is 0. The van der Waals surface area contributed by atoms with Crippen molar-refractivity contribution in [3.63, 3.8) is 0 Å². The molecule has 0 N–H and O–H groups in total. The molecular formula is C8H15Pd. The number of rotatable bonds is 0. The summed E-state index contributed by atoms with van der Waals surface area (Å²) < 4.78 is 0. The minimum Gasteiger partial charge on any atom is -0.103 e. The van der Waals surface area contributed by atoms with Crippen molar-refractivity contribution in [2.24, 2.45) is 0 Å². The van der Waals surface area contributed by atoms with E-state index >= 15 is 0 Å². The van der Waals surface area contributed by atoms with E-state index in [0.717, 1.165) is 0 Å². The molecule has 0 aromatic heterocycles. The Bertz CT molecular complexity index is 38.9. The first-order valence-corrected chi connectivity index (χ1v) is 3.32. The van der Waals surface area contributed by atoms with Crippen LogP contribution in [0.25, 0.3) is 0 Å². The third-order valence-electron chi connectivity index (χ3n) is 1.25. The van der Waals surface area contributed by atoms with Gasteiger partial charge in [0.1, 0.15) is 0 Å². The van der Waals surface area contributed by atoms with Crippen molar-refractivity contribution >= 4 is 0 Å². The van der Waals surface area contributed by atoms with E-state index < -0.39 is 0 Å². The molecule has 0 heterocycles. The van der Waals surface area contributed by atoms with Crippen LogP contribution in [0.3, 0.4) is 0 Å². The van der Waals surface area contributed by atoms with E-state index in [0.29, 0.717) is 0 Å². The maximum Gasteiger partial charge on any atom is 0 e. The van der Waals surface area contributed by atoms with Crippen molar-refractivity contribution in [3.8, 4) is 0 Å². The molecule has 0 aliphatic heterocycles. The SMILES string of the molecule is C1CCCC1.[CH2]C=C.[Pd]. The molecule has 1 heteroatoms. The van der Waals surface area contributed by atoms with Crippen LogP contribution in [0.5, 0.6) is 0 Å². The molecule has 0 unspecified atom stereocenters. The first kappa shape index (κ1) is 12.1. The molecule has 0 saturated heterocycles. The predicted octanol–water partition coefficient (Wildman–Crippen LogP) is 2.95. The molecule has 1 radical (unpaired) electrons. The van der Waals surface area contributed by atoms with Gasteiger partial charge in [0.05, 0.1) is 0 Å². The molecule has 0 atom stereocenters. The fraction of sp³-hybridized carbons (Fsp3) is 0.625. The average molecular weight is 218 g/mol. The van der Waals surface area contributed by atoms with Gasteiger partial charge in [-0.3, -0.25) is 0 Å². The van der Waals surface area contributed by atoms with Gasteiger partial charge >= 0.3 is 0 Å². The first-order valence-electron chi connectivity index (χ1n) is 3.32. The molecule has 0 aromatic rings. The van der Waals surface area contributed by atoms with Gasteiger partial charge in [-0.15, -0.1) is 6.58 Å². The summed E-state index contributed by atoms with van der Waals surface area (Å²) in [5, 5.41) is 0. The minimum absolute atomic E-state index is 0. The molecule has 1 rings (SSSR count). The topological polar surface area (TPSA) is 0 Å². The molecule has 0 nitrogen and oxygen atoms in total. The van der Waals surface area contributed by atoms with Crippen molar-refractivity contribution in [1.82, 2.24) is 0 Å². The van der Waals surface area contributed by atoms with Gasteiger partial charge in [0, 0.05) is 20.4 Å². The molecule has 0 spiro atoms. The summed E-state index contributed by atoms with van der Waals surface area (Å²) in [6.07, 6.45) is 9.00. The van der Waals surface area contributed by atoms with Gasteiger partial charge in [-0.05, 0) is 6.92 Å². The fourth-order valence-corrected chi connectivity index (χ4v) is 0.884. The Labute approximate surface area is 72.4 Å². The van der Waals surface area contributed by atoms with Crippen molar-refractivity contribution in [2.75, 3.05) is 0 Å². The van der Waals surface area contributed by atoms with Crippen LogP contribution in [-0.4, -0.2) is 0 Å². The number of hydrogen-bond donors (Lipinski definition) is 0. The third kappa shape index (κ3) is 11.8. The van der Waals surface area contributed by atoms with Gasteiger partial charge in [-0.25, -0.2) is 0 Å². The molecule has 0 bridgehead atoms. The molecule has 57 valence electrons. The van der Waals surface area contributed by atoms with E-state index in [9.17, 15) is 0 Å². The average Bonchev–Trinajstić information content (AvgIpc) is 2.17. The van der Waals surface area contributed by atoms with E-state index in [1.807, 2.05) is 0 Å². The van der Waals surface area contributed by atoms with Crippen molar-refractivity contribution in [1.29, 1.82) is 0 Å². The monoisotopic (exact) mass is 217 g/mol. The summed E-state index contributed by atoms with van der Waals surface area (Å²) in [6.45, 7) is 6.50. The van der Waals surface area contributed by atoms with Gasteiger partial charge < -0.3 is 0 Å². The fourth-order valence-electron chi connectivity index (χ4n) is 0.884. The summed E-state index contributed by atoms with van der Waals surface area (Å²) in [4.78, 5) is 0. The Morgan fingerprint density at radius 1 is 0.889 bits per heavy atom. The van der Waals surface area contributed by atoms with E-state index in [-0.39, 0.29) is 20.4 Å². The van der Waals surface area contributed by atoms with Crippen LogP contribution < -0.4 is 0 Å². The molecule has 0 amide bonds. The maximum absolute atomic E-state index is 3.25. The summed E-state index contributed by atoms with van der Waals surface area (Å²) >= 11 is 0. The van der Waals surface area contributed by atoms with Crippen molar-refractivity contribution in [2.45, 2.75) is 32.1 Å². The third-order valence-corrected chi connectivity index (χ3v) is 1.25. The Hall–Kier alpha value is 0.402. The number of allylic oxidation sites excluding steroid dienone is 1. The largest absolute Gasteiger partial charge is 0.103 e. The van der Waals surface area contributed by atoms with Gasteiger partial charge in [-0.1, -0.05) is 38.2 Å². The summed E-state index contributed by atoms with van der Waals surface area (Å²) in [5.74, 6) is 0. The summed E-state index contributed by atoms with van der Waals surface area (Å²) in [7, 11) is 0. The second-order valence-corrected chi connectivity index (χ2v) is 2.06. The van der Waals surface area contributed by atoms with Gasteiger partial charge in [0.2, 0.25) is 0 Å². The van der Waals surface area contributed by atoms with Gasteiger partial charge in [0.25, 0.3) is 0 Å². The molecule has 1 fully saturated rings. The number of hydrogen-bond acceptors (Lipinski definition) is 0. The molecule has 1 saturated carbocycles. The van der Waals surface area contributed by atoms with Gasteiger partial charge in [-0.2, -0.15) is 0 Å².